The number of halogens is 1. The summed E-state index contributed by atoms with van der Waals surface area (Å²) in [4.78, 5) is 0. The fourth-order valence-electron chi connectivity index (χ4n) is 0.853. The Morgan fingerprint density at radius 1 is 1.71 bits per heavy atom. The van der Waals surface area contributed by atoms with E-state index >= 15 is 0 Å². The molecule has 1 atom stereocenters. The van der Waals surface area contributed by atoms with Gasteiger partial charge < -0.3 is 0 Å². The van der Waals surface area contributed by atoms with Gasteiger partial charge in [-0.3, -0.25) is 0 Å². The fourth-order valence-corrected chi connectivity index (χ4v) is 4.56. The molecule has 0 nitrogen and oxygen atoms in total. The summed E-state index contributed by atoms with van der Waals surface area (Å²) in [6.07, 6.45) is 3.00. The van der Waals surface area contributed by atoms with E-state index in [1.807, 2.05) is 0 Å². The predicted molar refractivity (Wildman–Crippen MR) is 28.1 cm³/mol. The van der Waals surface area contributed by atoms with Crippen LogP contribution in [0.3, 0.4) is 0 Å². The molecule has 0 spiro atoms. The molecule has 0 N–H and O–H groups in total. The monoisotopic (exact) mass is 211 g/mol. The van der Waals surface area contributed by atoms with E-state index in [1.165, 1.54) is 6.42 Å². The normalized spacial score (nSPS) is 32.4. The minimum atomic E-state index is 0.696. The van der Waals surface area contributed by atoms with Crippen molar-refractivity contribution in [3.63, 3.8) is 0 Å². The standard InChI is InChI=1S/C6H12I/c1-2-6-3-4-7-5-6/h6H,2-5H2,1H3/q-1. The van der Waals surface area contributed by atoms with Gasteiger partial charge in [-0.15, -0.1) is 0 Å². The van der Waals surface area contributed by atoms with Crippen LogP contribution in [0.1, 0.15) is 19.8 Å². The zero-order valence-electron chi connectivity index (χ0n) is 4.78. The first kappa shape index (κ1) is 5.86. The number of rotatable bonds is 1. The van der Waals surface area contributed by atoms with Crippen LogP contribution in [0.5, 0.6) is 0 Å². The van der Waals surface area contributed by atoms with Crippen LogP contribution in [0.15, 0.2) is 0 Å². The van der Waals surface area contributed by atoms with Gasteiger partial charge in [-0.2, -0.15) is 0 Å². The molecule has 1 aliphatic heterocycles. The van der Waals surface area contributed by atoms with E-state index in [-0.39, 0.29) is 0 Å². The molecule has 1 unspecified atom stereocenters. The van der Waals surface area contributed by atoms with Gasteiger partial charge in [0.05, 0.1) is 0 Å². The van der Waals surface area contributed by atoms with Gasteiger partial charge in [0, 0.05) is 0 Å². The first-order valence-electron chi connectivity index (χ1n) is 2.97. The Balaban J connectivity index is 2.14. The molecule has 0 amide bonds. The van der Waals surface area contributed by atoms with Crippen molar-refractivity contribution < 1.29 is 21.2 Å². The topological polar surface area (TPSA) is 0 Å². The number of alkyl halides is 2. The van der Waals surface area contributed by atoms with E-state index in [4.69, 9.17) is 0 Å². The summed E-state index contributed by atoms with van der Waals surface area (Å²) in [5.74, 6) is 1.15. The van der Waals surface area contributed by atoms with Crippen LogP contribution in [0.25, 0.3) is 0 Å². The molecule has 7 heavy (non-hydrogen) atoms. The van der Waals surface area contributed by atoms with Crippen LogP contribution < -0.4 is 21.2 Å². The van der Waals surface area contributed by atoms with Crippen LogP contribution in [0.2, 0.25) is 0 Å². The summed E-state index contributed by atoms with van der Waals surface area (Å²) >= 11 is 0.696. The first-order valence-corrected chi connectivity index (χ1v) is 6.02. The van der Waals surface area contributed by atoms with Crippen molar-refractivity contribution >= 4 is 0 Å². The summed E-state index contributed by atoms with van der Waals surface area (Å²) < 4.78 is 3.23. The molecule has 0 saturated carbocycles. The third-order valence-electron chi connectivity index (χ3n) is 1.56. The molecule has 0 radical (unpaired) electrons. The Morgan fingerprint density at radius 3 is 2.86 bits per heavy atom. The van der Waals surface area contributed by atoms with Gasteiger partial charge in [0.25, 0.3) is 0 Å². The van der Waals surface area contributed by atoms with Gasteiger partial charge in [-0.25, -0.2) is 0 Å². The van der Waals surface area contributed by atoms with Gasteiger partial charge in [0.1, 0.15) is 0 Å². The average Bonchev–Trinajstić information content (AvgIpc) is 2.14. The molecule has 0 aromatic heterocycles. The van der Waals surface area contributed by atoms with Gasteiger partial charge in [-0.1, -0.05) is 0 Å². The maximum atomic E-state index is 2.32. The van der Waals surface area contributed by atoms with Gasteiger partial charge in [-0.05, 0) is 0 Å². The second-order valence-corrected chi connectivity index (χ2v) is 5.13. The van der Waals surface area contributed by atoms with Crippen molar-refractivity contribution in [3.8, 4) is 0 Å². The molecule has 1 fully saturated rings. The van der Waals surface area contributed by atoms with E-state index < -0.39 is 0 Å². The summed E-state index contributed by atoms with van der Waals surface area (Å²) in [5, 5.41) is 0. The second kappa shape index (κ2) is 2.90. The fraction of sp³-hybridized carbons (Fsp3) is 1.00. The van der Waals surface area contributed by atoms with Crippen LogP contribution >= 0.6 is 0 Å². The molecule has 44 valence electrons. The molecular formula is C6H12I-. The van der Waals surface area contributed by atoms with Crippen LogP contribution in [0, 0.1) is 5.92 Å². The van der Waals surface area contributed by atoms with Crippen LogP contribution in [-0.2, 0) is 0 Å². The molecule has 0 aliphatic carbocycles. The predicted octanol–water partition coefficient (Wildman–Crippen LogP) is -1.49. The number of hydrogen-bond donors (Lipinski definition) is 0. The van der Waals surface area contributed by atoms with Crippen molar-refractivity contribution in [1.82, 2.24) is 0 Å². The van der Waals surface area contributed by atoms with E-state index in [1.54, 1.807) is 15.3 Å². The maximum absolute atomic E-state index is 2.32. The minimum absolute atomic E-state index is 0.696. The van der Waals surface area contributed by atoms with Crippen molar-refractivity contribution in [3.05, 3.63) is 0 Å². The van der Waals surface area contributed by atoms with Gasteiger partial charge in [0.15, 0.2) is 0 Å². The molecule has 1 saturated heterocycles. The second-order valence-electron chi connectivity index (χ2n) is 2.10. The summed E-state index contributed by atoms with van der Waals surface area (Å²) in [6, 6.07) is 0. The molecule has 1 heterocycles. The zero-order chi connectivity index (χ0) is 5.11. The van der Waals surface area contributed by atoms with Crippen molar-refractivity contribution in [2.24, 2.45) is 5.92 Å². The quantitative estimate of drug-likeness (QED) is 0.366. The third kappa shape index (κ3) is 1.59. The summed E-state index contributed by atoms with van der Waals surface area (Å²) in [7, 11) is 0. The third-order valence-corrected chi connectivity index (χ3v) is 4.81. The summed E-state index contributed by atoms with van der Waals surface area (Å²) in [5.41, 5.74) is 0. The molecule has 1 rings (SSSR count). The van der Waals surface area contributed by atoms with Gasteiger partial charge >= 0.3 is 55.7 Å². The van der Waals surface area contributed by atoms with E-state index in [2.05, 4.69) is 6.92 Å². The Morgan fingerprint density at radius 2 is 2.57 bits per heavy atom. The molecule has 0 bridgehead atoms. The van der Waals surface area contributed by atoms with E-state index in [0.29, 0.717) is 21.2 Å². The van der Waals surface area contributed by atoms with E-state index in [0.717, 1.165) is 5.92 Å². The molecular weight excluding hydrogens is 199 g/mol. The van der Waals surface area contributed by atoms with Crippen LogP contribution in [0.4, 0.5) is 0 Å². The average molecular weight is 211 g/mol. The van der Waals surface area contributed by atoms with Crippen molar-refractivity contribution in [2.45, 2.75) is 19.8 Å². The Hall–Kier alpha value is 0.730. The first-order chi connectivity index (χ1) is 3.43. The van der Waals surface area contributed by atoms with Crippen molar-refractivity contribution in [2.75, 3.05) is 8.86 Å². The molecule has 0 aromatic rings. The molecule has 1 heteroatoms. The number of hydrogen-bond acceptors (Lipinski definition) is 0. The van der Waals surface area contributed by atoms with Crippen LogP contribution in [-0.4, -0.2) is 8.86 Å². The Kier molecular flexibility index (Phi) is 2.43. The SMILES string of the molecule is CCC1CC[I-]C1. The van der Waals surface area contributed by atoms with Crippen molar-refractivity contribution in [1.29, 1.82) is 0 Å². The Bertz CT molecular complexity index is 46.1. The molecule has 1 aliphatic rings. The zero-order valence-corrected chi connectivity index (χ0v) is 6.94. The molecule has 0 aromatic carbocycles. The Labute approximate surface area is 55.9 Å². The van der Waals surface area contributed by atoms with Gasteiger partial charge in [0.2, 0.25) is 0 Å². The van der Waals surface area contributed by atoms with E-state index in [9.17, 15) is 0 Å². The summed E-state index contributed by atoms with van der Waals surface area (Å²) in [6.45, 7) is 2.32.